The van der Waals surface area contributed by atoms with Crippen LogP contribution >= 0.6 is 24.0 Å². The molecule has 0 spiro atoms. The van der Waals surface area contributed by atoms with E-state index in [2.05, 4.69) is 57.5 Å². The Balaban J connectivity index is 0.00000182. The summed E-state index contributed by atoms with van der Waals surface area (Å²) in [6.45, 7) is 4.05. The predicted octanol–water partition coefficient (Wildman–Crippen LogP) is 2.43. The Morgan fingerprint density at radius 3 is 2.44 bits per heavy atom. The smallest absolute Gasteiger partial charge is 0.193 e. The standard InChI is InChI=1S/C19H28N4O.HI/c1-20-19(21-10-11-22(2)14-6-4-3-5-7-14)23-12-15-16(13-23)18-9-8-17(15)24-18;/h3-7,15-18H,8-13H2,1-2H3,(H,20,21);1H. The second-order valence-electron chi connectivity index (χ2n) is 7.25. The number of rotatable bonds is 4. The first kappa shape index (κ1) is 18.8. The van der Waals surface area contributed by atoms with E-state index in [1.54, 1.807) is 0 Å². The summed E-state index contributed by atoms with van der Waals surface area (Å²) in [4.78, 5) is 9.22. The van der Waals surface area contributed by atoms with Gasteiger partial charge in [0.2, 0.25) is 0 Å². The molecule has 25 heavy (non-hydrogen) atoms. The number of aliphatic imine (C=N–C) groups is 1. The molecule has 5 nitrogen and oxygen atoms in total. The van der Waals surface area contributed by atoms with E-state index in [1.165, 1.54) is 18.5 Å². The van der Waals surface area contributed by atoms with E-state index in [4.69, 9.17) is 4.74 Å². The molecule has 3 fully saturated rings. The topological polar surface area (TPSA) is 40.1 Å². The molecule has 3 heterocycles. The monoisotopic (exact) mass is 456 g/mol. The molecule has 2 bridgehead atoms. The zero-order valence-corrected chi connectivity index (χ0v) is 17.4. The Hall–Kier alpha value is -1.02. The molecule has 1 aromatic rings. The molecule has 6 heteroatoms. The second-order valence-corrected chi connectivity index (χ2v) is 7.25. The van der Waals surface area contributed by atoms with Gasteiger partial charge < -0.3 is 19.9 Å². The summed E-state index contributed by atoms with van der Waals surface area (Å²) < 4.78 is 6.07. The second kappa shape index (κ2) is 8.12. The van der Waals surface area contributed by atoms with Gasteiger partial charge in [-0.25, -0.2) is 0 Å². The molecule has 138 valence electrons. The summed E-state index contributed by atoms with van der Waals surface area (Å²) in [6.07, 6.45) is 3.53. The summed E-state index contributed by atoms with van der Waals surface area (Å²) >= 11 is 0. The Morgan fingerprint density at radius 1 is 1.20 bits per heavy atom. The molecule has 0 amide bonds. The molecule has 0 aliphatic carbocycles. The molecule has 0 saturated carbocycles. The van der Waals surface area contributed by atoms with E-state index in [0.717, 1.165) is 32.1 Å². The maximum absolute atomic E-state index is 6.07. The number of benzene rings is 1. The molecule has 4 atom stereocenters. The van der Waals surface area contributed by atoms with Crippen molar-refractivity contribution in [3.05, 3.63) is 30.3 Å². The van der Waals surface area contributed by atoms with Gasteiger partial charge in [-0.15, -0.1) is 24.0 Å². The van der Waals surface area contributed by atoms with Crippen LogP contribution in [0.3, 0.4) is 0 Å². The highest BCUT2D eigenvalue weighted by molar-refractivity contribution is 14.0. The van der Waals surface area contributed by atoms with E-state index in [9.17, 15) is 0 Å². The quantitative estimate of drug-likeness (QED) is 0.430. The highest BCUT2D eigenvalue weighted by atomic mass is 127. The van der Waals surface area contributed by atoms with Crippen molar-refractivity contribution in [1.82, 2.24) is 10.2 Å². The molecule has 1 aromatic carbocycles. The van der Waals surface area contributed by atoms with E-state index in [1.807, 2.05) is 7.05 Å². The Labute approximate surface area is 167 Å². The molecule has 3 aliphatic heterocycles. The maximum atomic E-state index is 6.07. The van der Waals surface area contributed by atoms with E-state index >= 15 is 0 Å². The van der Waals surface area contributed by atoms with Crippen LogP contribution in [0.4, 0.5) is 5.69 Å². The molecular formula is C19H29IN4O. The number of para-hydroxylation sites is 1. The fourth-order valence-corrected chi connectivity index (χ4v) is 4.61. The number of anilines is 1. The fourth-order valence-electron chi connectivity index (χ4n) is 4.61. The first-order chi connectivity index (χ1) is 11.8. The molecule has 4 rings (SSSR count). The van der Waals surface area contributed by atoms with Crippen molar-refractivity contribution in [3.63, 3.8) is 0 Å². The summed E-state index contributed by atoms with van der Waals surface area (Å²) in [5, 5.41) is 3.54. The first-order valence-corrected chi connectivity index (χ1v) is 9.13. The van der Waals surface area contributed by atoms with Gasteiger partial charge >= 0.3 is 0 Å². The van der Waals surface area contributed by atoms with E-state index < -0.39 is 0 Å². The lowest BCUT2D eigenvalue weighted by atomic mass is 9.82. The van der Waals surface area contributed by atoms with Crippen LogP contribution in [-0.2, 0) is 4.74 Å². The Morgan fingerprint density at radius 2 is 1.84 bits per heavy atom. The van der Waals surface area contributed by atoms with Gasteiger partial charge in [0.15, 0.2) is 5.96 Å². The largest absolute Gasteiger partial charge is 0.374 e. The zero-order valence-electron chi connectivity index (χ0n) is 15.1. The van der Waals surface area contributed by atoms with Gasteiger partial charge in [-0.2, -0.15) is 0 Å². The van der Waals surface area contributed by atoms with Crippen LogP contribution < -0.4 is 10.2 Å². The lowest BCUT2D eigenvalue weighted by molar-refractivity contribution is 0.0767. The molecule has 1 N–H and O–H groups in total. The van der Waals surface area contributed by atoms with Gasteiger partial charge in [0.05, 0.1) is 12.2 Å². The van der Waals surface area contributed by atoms with Crippen molar-refractivity contribution in [1.29, 1.82) is 0 Å². The third-order valence-electron chi connectivity index (χ3n) is 5.89. The van der Waals surface area contributed by atoms with Crippen molar-refractivity contribution < 1.29 is 4.74 Å². The number of hydrogen-bond donors (Lipinski definition) is 1. The molecule has 3 saturated heterocycles. The molecule has 4 unspecified atom stereocenters. The van der Waals surface area contributed by atoms with Crippen molar-refractivity contribution in [2.45, 2.75) is 25.0 Å². The van der Waals surface area contributed by atoms with Crippen LogP contribution in [0.5, 0.6) is 0 Å². The highest BCUT2D eigenvalue weighted by Gasteiger charge is 2.53. The number of hydrogen-bond acceptors (Lipinski definition) is 3. The highest BCUT2D eigenvalue weighted by Crippen LogP contribution is 2.47. The average molecular weight is 456 g/mol. The number of likely N-dealkylation sites (N-methyl/N-ethyl adjacent to an activating group) is 1. The summed E-state index contributed by atoms with van der Waals surface area (Å²) in [5.41, 5.74) is 1.25. The van der Waals surface area contributed by atoms with Gasteiger partial charge in [0, 0.05) is 57.8 Å². The third kappa shape index (κ3) is 3.74. The average Bonchev–Trinajstić information content (AvgIpc) is 3.32. The minimum absolute atomic E-state index is 0. The van der Waals surface area contributed by atoms with Crippen molar-refractivity contribution >= 4 is 35.6 Å². The van der Waals surface area contributed by atoms with Gasteiger partial charge in [-0.3, -0.25) is 4.99 Å². The van der Waals surface area contributed by atoms with Crippen LogP contribution in [0, 0.1) is 11.8 Å². The number of fused-ring (bicyclic) bond motifs is 5. The van der Waals surface area contributed by atoms with Crippen molar-refractivity contribution in [2.75, 3.05) is 45.2 Å². The number of halogens is 1. The third-order valence-corrected chi connectivity index (χ3v) is 5.89. The summed E-state index contributed by atoms with van der Waals surface area (Å²) in [5.74, 6) is 2.48. The number of ether oxygens (including phenoxy) is 1. The summed E-state index contributed by atoms with van der Waals surface area (Å²) in [6, 6.07) is 10.5. The van der Waals surface area contributed by atoms with Crippen LogP contribution in [0.2, 0.25) is 0 Å². The van der Waals surface area contributed by atoms with Gasteiger partial charge in [0.25, 0.3) is 0 Å². The minimum atomic E-state index is 0. The van der Waals surface area contributed by atoms with Crippen LogP contribution in [0.25, 0.3) is 0 Å². The van der Waals surface area contributed by atoms with Gasteiger partial charge in [-0.1, -0.05) is 18.2 Å². The number of nitrogens with one attached hydrogen (secondary N) is 1. The van der Waals surface area contributed by atoms with Gasteiger partial charge in [0.1, 0.15) is 0 Å². The predicted molar refractivity (Wildman–Crippen MR) is 113 cm³/mol. The van der Waals surface area contributed by atoms with Crippen molar-refractivity contribution in [3.8, 4) is 0 Å². The lowest BCUT2D eigenvalue weighted by Crippen LogP contribution is -2.43. The summed E-state index contributed by atoms with van der Waals surface area (Å²) in [7, 11) is 4.03. The molecule has 0 radical (unpaired) electrons. The number of likely N-dealkylation sites (tertiary alicyclic amines) is 1. The first-order valence-electron chi connectivity index (χ1n) is 9.13. The van der Waals surface area contributed by atoms with Crippen LogP contribution in [-0.4, -0.2) is 63.3 Å². The number of nitrogens with zero attached hydrogens (tertiary/aromatic N) is 3. The fraction of sp³-hybridized carbons (Fsp3) is 0.632. The zero-order chi connectivity index (χ0) is 16.5. The SMILES string of the molecule is CN=C(NCCN(C)c1ccccc1)N1CC2C3CCC(O3)C2C1.I. The Bertz CT molecular complexity index is 578. The molecule has 3 aliphatic rings. The van der Waals surface area contributed by atoms with Crippen LogP contribution in [0.1, 0.15) is 12.8 Å². The van der Waals surface area contributed by atoms with Gasteiger partial charge in [-0.05, 0) is 25.0 Å². The molecular weight excluding hydrogens is 427 g/mol. The number of guanidine groups is 1. The molecule has 0 aromatic heterocycles. The minimum Gasteiger partial charge on any atom is -0.374 e. The van der Waals surface area contributed by atoms with E-state index in [0.29, 0.717) is 24.0 Å². The lowest BCUT2D eigenvalue weighted by Gasteiger charge is -2.25. The maximum Gasteiger partial charge on any atom is 0.193 e. The van der Waals surface area contributed by atoms with E-state index in [-0.39, 0.29) is 24.0 Å². The van der Waals surface area contributed by atoms with Crippen LogP contribution in [0.15, 0.2) is 35.3 Å². The Kier molecular flexibility index (Phi) is 6.09. The normalized spacial score (nSPS) is 30.2. The van der Waals surface area contributed by atoms with Crippen molar-refractivity contribution in [2.24, 2.45) is 16.8 Å².